The molecule has 0 fully saturated rings. The molecule has 3 nitrogen and oxygen atoms in total. The first kappa shape index (κ1) is 22.1. The maximum Gasteiger partial charge on any atom is 0.416 e. The highest BCUT2D eigenvalue weighted by molar-refractivity contribution is 6.10. The number of amides is 1. The van der Waals surface area contributed by atoms with E-state index in [0.717, 1.165) is 0 Å². The van der Waals surface area contributed by atoms with Crippen molar-refractivity contribution in [2.24, 2.45) is 0 Å². The van der Waals surface area contributed by atoms with Gasteiger partial charge in [0, 0.05) is 22.4 Å². The summed E-state index contributed by atoms with van der Waals surface area (Å²) in [6.45, 7) is 0. The Bertz CT molecular complexity index is 1070. The molecule has 0 unspecified atom stereocenters. The first-order valence-corrected chi connectivity index (χ1v) is 8.76. The number of ketones is 1. The quantitative estimate of drug-likeness (QED) is 0.390. The fourth-order valence-corrected chi connectivity index (χ4v) is 2.76. The number of nitrogens with one attached hydrogen (secondary N) is 1. The van der Waals surface area contributed by atoms with E-state index in [-0.39, 0.29) is 23.0 Å². The molecule has 1 N–H and O–H groups in total. The smallest absolute Gasteiger partial charge is 0.322 e. The molecule has 0 aliphatic rings. The predicted octanol–water partition coefficient (Wildman–Crippen LogP) is 6.21. The van der Waals surface area contributed by atoms with Gasteiger partial charge in [-0.3, -0.25) is 9.59 Å². The number of carbonyl (C=O) groups excluding carboxylic acids is 2. The molecule has 0 aliphatic heterocycles. The second-order valence-electron chi connectivity index (χ2n) is 6.52. The van der Waals surface area contributed by atoms with Gasteiger partial charge in [0.15, 0.2) is 5.78 Å². The third kappa shape index (κ3) is 5.30. The van der Waals surface area contributed by atoms with Gasteiger partial charge in [-0.05, 0) is 30.3 Å². The Balaban J connectivity index is 1.84. The van der Waals surface area contributed by atoms with Crippen molar-refractivity contribution in [2.75, 3.05) is 5.32 Å². The molecular weight excluding hydrogens is 424 g/mol. The molecule has 3 aromatic rings. The number of rotatable bonds is 4. The van der Waals surface area contributed by atoms with Crippen LogP contribution >= 0.6 is 0 Å². The molecular formula is C22H13F6NO2. The van der Waals surface area contributed by atoms with Gasteiger partial charge in [0.2, 0.25) is 0 Å². The van der Waals surface area contributed by atoms with Crippen molar-refractivity contribution in [3.63, 3.8) is 0 Å². The molecule has 0 atom stereocenters. The third-order valence-electron chi connectivity index (χ3n) is 4.29. The minimum atomic E-state index is -5.03. The average molecular weight is 437 g/mol. The minimum absolute atomic E-state index is 0.0281. The monoisotopic (exact) mass is 437 g/mol. The molecule has 0 bridgehead atoms. The molecule has 3 aromatic carbocycles. The van der Waals surface area contributed by atoms with E-state index >= 15 is 0 Å². The minimum Gasteiger partial charge on any atom is -0.322 e. The molecule has 0 aliphatic carbocycles. The van der Waals surface area contributed by atoms with Crippen LogP contribution in [-0.4, -0.2) is 11.7 Å². The highest BCUT2D eigenvalue weighted by atomic mass is 19.4. The fraction of sp³-hybridized carbons (Fsp3) is 0.0909. The Kier molecular flexibility index (Phi) is 5.88. The number of halogens is 6. The van der Waals surface area contributed by atoms with E-state index in [1.165, 1.54) is 24.3 Å². The molecule has 0 aromatic heterocycles. The molecule has 31 heavy (non-hydrogen) atoms. The van der Waals surface area contributed by atoms with Gasteiger partial charge in [0.1, 0.15) is 0 Å². The molecule has 0 saturated carbocycles. The molecule has 0 saturated heterocycles. The number of alkyl halides is 6. The molecule has 0 radical (unpaired) electrons. The lowest BCUT2D eigenvalue weighted by atomic mass is 10.0. The fourth-order valence-electron chi connectivity index (χ4n) is 2.76. The summed E-state index contributed by atoms with van der Waals surface area (Å²) in [5.41, 5.74) is -3.10. The molecule has 0 spiro atoms. The van der Waals surface area contributed by atoms with Crippen molar-refractivity contribution in [1.82, 2.24) is 0 Å². The van der Waals surface area contributed by atoms with Crippen LogP contribution in [0.15, 0.2) is 72.8 Å². The van der Waals surface area contributed by atoms with Crippen LogP contribution in [0.2, 0.25) is 0 Å². The van der Waals surface area contributed by atoms with Crippen LogP contribution in [0.4, 0.5) is 32.0 Å². The van der Waals surface area contributed by atoms with Gasteiger partial charge in [-0.15, -0.1) is 0 Å². The molecule has 9 heteroatoms. The van der Waals surface area contributed by atoms with Crippen LogP contribution in [0.1, 0.15) is 37.4 Å². The van der Waals surface area contributed by atoms with E-state index in [2.05, 4.69) is 0 Å². The van der Waals surface area contributed by atoms with Crippen LogP contribution in [0, 0.1) is 0 Å². The van der Waals surface area contributed by atoms with Gasteiger partial charge in [0.25, 0.3) is 5.91 Å². The normalized spacial score (nSPS) is 11.8. The van der Waals surface area contributed by atoms with Crippen molar-refractivity contribution < 1.29 is 35.9 Å². The van der Waals surface area contributed by atoms with E-state index in [1.54, 1.807) is 30.3 Å². The van der Waals surface area contributed by atoms with Gasteiger partial charge in [-0.1, -0.05) is 42.5 Å². The lowest BCUT2D eigenvalue weighted by Crippen LogP contribution is -2.16. The topological polar surface area (TPSA) is 46.2 Å². The number of benzene rings is 3. The van der Waals surface area contributed by atoms with Crippen molar-refractivity contribution >= 4 is 17.4 Å². The first-order valence-electron chi connectivity index (χ1n) is 8.76. The average Bonchev–Trinajstić information content (AvgIpc) is 2.72. The van der Waals surface area contributed by atoms with Gasteiger partial charge in [-0.25, -0.2) is 0 Å². The van der Waals surface area contributed by atoms with E-state index in [9.17, 15) is 35.9 Å². The Morgan fingerprint density at radius 1 is 0.613 bits per heavy atom. The predicted molar refractivity (Wildman–Crippen MR) is 101 cm³/mol. The maximum atomic E-state index is 12.9. The Hall–Kier alpha value is -3.62. The number of hydrogen-bond acceptors (Lipinski definition) is 2. The second-order valence-corrected chi connectivity index (χ2v) is 6.52. The summed E-state index contributed by atoms with van der Waals surface area (Å²) in [6.07, 6.45) is -10.1. The van der Waals surface area contributed by atoms with Crippen LogP contribution in [-0.2, 0) is 12.4 Å². The van der Waals surface area contributed by atoms with E-state index in [4.69, 9.17) is 0 Å². The Morgan fingerprint density at radius 3 is 1.55 bits per heavy atom. The first-order chi connectivity index (χ1) is 14.4. The molecule has 1 amide bonds. The van der Waals surface area contributed by atoms with E-state index in [1.807, 2.05) is 5.32 Å². The summed E-state index contributed by atoms with van der Waals surface area (Å²) in [7, 11) is 0. The third-order valence-corrected chi connectivity index (χ3v) is 4.29. The van der Waals surface area contributed by atoms with Crippen molar-refractivity contribution in [3.8, 4) is 0 Å². The summed E-state index contributed by atoms with van der Waals surface area (Å²) in [4.78, 5) is 24.7. The van der Waals surface area contributed by atoms with Crippen molar-refractivity contribution in [1.29, 1.82) is 0 Å². The Labute approximate surface area is 172 Å². The highest BCUT2D eigenvalue weighted by Gasteiger charge is 2.37. The second kappa shape index (κ2) is 8.25. The van der Waals surface area contributed by atoms with Gasteiger partial charge in [0.05, 0.1) is 11.1 Å². The Morgan fingerprint density at radius 2 is 1.06 bits per heavy atom. The van der Waals surface area contributed by atoms with Crippen LogP contribution < -0.4 is 5.32 Å². The number of hydrogen-bond donors (Lipinski definition) is 1. The number of anilines is 1. The summed E-state index contributed by atoms with van der Waals surface area (Å²) in [5.74, 6) is -1.23. The summed E-state index contributed by atoms with van der Waals surface area (Å²) >= 11 is 0. The van der Waals surface area contributed by atoms with Crippen LogP contribution in [0.25, 0.3) is 0 Å². The largest absolute Gasteiger partial charge is 0.416 e. The van der Waals surface area contributed by atoms with Gasteiger partial charge < -0.3 is 5.32 Å². The number of carbonyl (C=O) groups is 2. The molecule has 3 rings (SSSR count). The highest BCUT2D eigenvalue weighted by Crippen LogP contribution is 2.37. The zero-order valence-corrected chi connectivity index (χ0v) is 15.5. The summed E-state index contributed by atoms with van der Waals surface area (Å²) in [6, 6.07) is 14.3. The standard InChI is InChI=1S/C22H13F6NO2/c23-21(24,25)16-10-17(22(26,27)28)12-18(11-16)29-20(31)15-8-6-14(7-9-15)19(30)13-4-2-1-3-5-13/h1-12H,(H,29,31). The van der Waals surface area contributed by atoms with Crippen molar-refractivity contribution in [3.05, 3.63) is 101 Å². The van der Waals surface area contributed by atoms with Crippen molar-refractivity contribution in [2.45, 2.75) is 12.4 Å². The maximum absolute atomic E-state index is 12.9. The SMILES string of the molecule is O=C(Nc1cc(C(F)(F)F)cc(C(F)(F)F)c1)c1ccc(C(=O)c2ccccc2)cc1. The molecule has 0 heterocycles. The van der Waals surface area contributed by atoms with Crippen LogP contribution in [0.5, 0.6) is 0 Å². The zero-order valence-electron chi connectivity index (χ0n) is 15.5. The van der Waals surface area contributed by atoms with Gasteiger partial charge in [-0.2, -0.15) is 26.3 Å². The van der Waals surface area contributed by atoms with Gasteiger partial charge >= 0.3 is 12.4 Å². The zero-order chi connectivity index (χ0) is 22.8. The van der Waals surface area contributed by atoms with Crippen LogP contribution in [0.3, 0.4) is 0 Å². The summed E-state index contributed by atoms with van der Waals surface area (Å²) in [5, 5.41) is 2.04. The molecule has 160 valence electrons. The van der Waals surface area contributed by atoms with E-state index in [0.29, 0.717) is 17.7 Å². The lowest BCUT2D eigenvalue weighted by molar-refractivity contribution is -0.143. The lowest BCUT2D eigenvalue weighted by Gasteiger charge is -2.15. The van der Waals surface area contributed by atoms with E-state index < -0.39 is 35.1 Å². The summed E-state index contributed by atoms with van der Waals surface area (Å²) < 4.78 is 77.7.